The van der Waals surface area contributed by atoms with Gasteiger partial charge in [-0.15, -0.1) is 0 Å². The second kappa shape index (κ2) is 7.36. The molecule has 0 aromatic rings. The van der Waals surface area contributed by atoms with E-state index in [2.05, 4.69) is 19.2 Å². The van der Waals surface area contributed by atoms with E-state index in [0.717, 1.165) is 6.54 Å². The van der Waals surface area contributed by atoms with Gasteiger partial charge in [-0.05, 0) is 12.3 Å². The minimum absolute atomic E-state index is 0.0475. The van der Waals surface area contributed by atoms with Crippen molar-refractivity contribution in [1.82, 2.24) is 10.2 Å². The summed E-state index contributed by atoms with van der Waals surface area (Å²) in [5, 5.41) is 2.76. The van der Waals surface area contributed by atoms with E-state index in [4.69, 9.17) is 4.74 Å². The predicted octanol–water partition coefficient (Wildman–Crippen LogP) is 0.644. The number of rotatable bonds is 6. The maximum atomic E-state index is 12.4. The lowest BCUT2D eigenvalue weighted by Gasteiger charge is -2.30. The lowest BCUT2D eigenvalue weighted by atomic mass is 9.97. The molecule has 1 N–H and O–H groups in total. The van der Waals surface area contributed by atoms with Gasteiger partial charge in [0.1, 0.15) is 0 Å². The Kier molecular flexibility index (Phi) is 6.12. The van der Waals surface area contributed by atoms with Gasteiger partial charge in [0.05, 0.1) is 12.5 Å². The van der Waals surface area contributed by atoms with E-state index >= 15 is 0 Å². The lowest BCUT2D eigenvalue weighted by Crippen LogP contribution is -2.46. The highest BCUT2D eigenvalue weighted by atomic mass is 16.5. The highest BCUT2D eigenvalue weighted by Crippen LogP contribution is 2.15. The number of amides is 2. The topological polar surface area (TPSA) is 58.6 Å². The van der Waals surface area contributed by atoms with Crippen molar-refractivity contribution >= 4 is 11.8 Å². The first kappa shape index (κ1) is 15.0. The third-order valence-electron chi connectivity index (χ3n) is 3.08. The Labute approximate surface area is 109 Å². The van der Waals surface area contributed by atoms with Crippen LogP contribution in [0.15, 0.2) is 0 Å². The van der Waals surface area contributed by atoms with E-state index in [1.807, 2.05) is 4.90 Å². The molecule has 1 aliphatic rings. The quantitative estimate of drug-likeness (QED) is 0.759. The van der Waals surface area contributed by atoms with Crippen LogP contribution >= 0.6 is 0 Å². The molecule has 1 fully saturated rings. The van der Waals surface area contributed by atoms with Crippen LogP contribution in [0.4, 0.5) is 0 Å². The van der Waals surface area contributed by atoms with Crippen molar-refractivity contribution < 1.29 is 14.3 Å². The molecular formula is C13H24N2O3. The van der Waals surface area contributed by atoms with Crippen molar-refractivity contribution in [2.45, 2.75) is 26.7 Å². The summed E-state index contributed by atoms with van der Waals surface area (Å²) in [6.07, 6.45) is 1.11. The molecule has 18 heavy (non-hydrogen) atoms. The summed E-state index contributed by atoms with van der Waals surface area (Å²) < 4.78 is 5.04. The van der Waals surface area contributed by atoms with Crippen molar-refractivity contribution in [2.75, 3.05) is 33.4 Å². The normalized spacial score (nSPS) is 19.8. The molecule has 5 nitrogen and oxygen atoms in total. The Morgan fingerprint density at radius 1 is 1.56 bits per heavy atom. The van der Waals surface area contributed by atoms with Crippen molar-refractivity contribution in [2.24, 2.45) is 11.8 Å². The van der Waals surface area contributed by atoms with E-state index in [9.17, 15) is 9.59 Å². The molecule has 104 valence electrons. The second-order valence-corrected chi connectivity index (χ2v) is 5.21. The van der Waals surface area contributed by atoms with E-state index in [-0.39, 0.29) is 17.7 Å². The largest absolute Gasteiger partial charge is 0.383 e. The average Bonchev–Trinajstić information content (AvgIpc) is 2.34. The number of hydrogen-bond donors (Lipinski definition) is 1. The maximum Gasteiger partial charge on any atom is 0.227 e. The molecule has 1 aliphatic heterocycles. The van der Waals surface area contributed by atoms with Crippen LogP contribution in [0.25, 0.3) is 0 Å². The van der Waals surface area contributed by atoms with E-state index in [0.29, 0.717) is 38.5 Å². The Balaban J connectivity index is 2.54. The van der Waals surface area contributed by atoms with Gasteiger partial charge in [-0.2, -0.15) is 0 Å². The first-order valence-corrected chi connectivity index (χ1v) is 6.59. The number of ether oxygens (including phenoxy) is 1. The Bertz CT molecular complexity index is 282. The van der Waals surface area contributed by atoms with Gasteiger partial charge in [0.25, 0.3) is 0 Å². The molecular weight excluding hydrogens is 232 g/mol. The van der Waals surface area contributed by atoms with Gasteiger partial charge in [0, 0.05) is 33.2 Å². The van der Waals surface area contributed by atoms with Crippen LogP contribution in [0, 0.1) is 11.8 Å². The van der Waals surface area contributed by atoms with Crippen LogP contribution in [0.2, 0.25) is 0 Å². The summed E-state index contributed by atoms with van der Waals surface area (Å²) in [7, 11) is 1.64. The van der Waals surface area contributed by atoms with Crippen LogP contribution in [0.5, 0.6) is 0 Å². The van der Waals surface area contributed by atoms with Gasteiger partial charge < -0.3 is 15.0 Å². The van der Waals surface area contributed by atoms with Gasteiger partial charge in [0.2, 0.25) is 11.8 Å². The van der Waals surface area contributed by atoms with Gasteiger partial charge >= 0.3 is 0 Å². The van der Waals surface area contributed by atoms with Gasteiger partial charge in [-0.1, -0.05) is 13.8 Å². The first-order valence-electron chi connectivity index (χ1n) is 6.59. The number of carbonyl (C=O) groups is 2. The fourth-order valence-electron chi connectivity index (χ4n) is 2.14. The van der Waals surface area contributed by atoms with Crippen molar-refractivity contribution in [3.8, 4) is 0 Å². The highest BCUT2D eigenvalue weighted by Gasteiger charge is 2.28. The van der Waals surface area contributed by atoms with Crippen LogP contribution in [0.1, 0.15) is 26.7 Å². The lowest BCUT2D eigenvalue weighted by molar-refractivity contribution is -0.138. The number of hydrogen-bond acceptors (Lipinski definition) is 3. The average molecular weight is 256 g/mol. The van der Waals surface area contributed by atoms with Crippen molar-refractivity contribution in [3.05, 3.63) is 0 Å². The molecule has 0 aromatic carbocycles. The Morgan fingerprint density at radius 2 is 2.28 bits per heavy atom. The fourth-order valence-corrected chi connectivity index (χ4v) is 2.14. The second-order valence-electron chi connectivity index (χ2n) is 5.21. The fraction of sp³-hybridized carbons (Fsp3) is 0.846. The molecule has 1 saturated heterocycles. The number of methoxy groups -OCH3 is 1. The monoisotopic (exact) mass is 256 g/mol. The molecule has 1 rings (SSSR count). The zero-order chi connectivity index (χ0) is 13.5. The molecule has 0 radical (unpaired) electrons. The third kappa shape index (κ3) is 4.64. The van der Waals surface area contributed by atoms with Gasteiger partial charge in [-0.25, -0.2) is 0 Å². The summed E-state index contributed by atoms with van der Waals surface area (Å²) in [6.45, 7) is 6.58. The minimum Gasteiger partial charge on any atom is -0.383 e. The summed E-state index contributed by atoms with van der Waals surface area (Å²) in [6, 6.07) is 0. The molecule has 1 unspecified atom stereocenters. The van der Waals surface area contributed by atoms with Crippen LogP contribution in [-0.4, -0.2) is 50.1 Å². The molecule has 0 bridgehead atoms. The summed E-state index contributed by atoms with van der Waals surface area (Å²) in [5.74, 6) is 0.550. The molecule has 0 aliphatic carbocycles. The standard InChI is InChI=1S/C13H24N2O3/c1-10(2)9-15(6-7-18-3)13(17)11-4-5-12(16)14-8-11/h10-11H,4-9H2,1-3H3,(H,14,16). The highest BCUT2D eigenvalue weighted by molar-refractivity contribution is 5.83. The molecule has 1 heterocycles. The number of carbonyl (C=O) groups excluding carboxylic acids is 2. The number of nitrogens with one attached hydrogen (secondary N) is 1. The summed E-state index contributed by atoms with van der Waals surface area (Å²) in [4.78, 5) is 25.3. The third-order valence-corrected chi connectivity index (χ3v) is 3.08. The van der Waals surface area contributed by atoms with Crippen LogP contribution in [0.3, 0.4) is 0 Å². The first-order chi connectivity index (χ1) is 8.54. The van der Waals surface area contributed by atoms with Gasteiger partial charge in [0.15, 0.2) is 0 Å². The van der Waals surface area contributed by atoms with Crippen molar-refractivity contribution in [3.63, 3.8) is 0 Å². The Morgan fingerprint density at radius 3 is 2.78 bits per heavy atom. The molecule has 1 atom stereocenters. The van der Waals surface area contributed by atoms with Crippen LogP contribution in [-0.2, 0) is 14.3 Å². The maximum absolute atomic E-state index is 12.4. The molecule has 5 heteroatoms. The number of piperidine rings is 1. The summed E-state index contributed by atoms with van der Waals surface area (Å²) >= 11 is 0. The zero-order valence-corrected chi connectivity index (χ0v) is 11.6. The Hall–Kier alpha value is -1.10. The number of nitrogens with zero attached hydrogens (tertiary/aromatic N) is 1. The zero-order valence-electron chi connectivity index (χ0n) is 11.6. The minimum atomic E-state index is -0.0710. The summed E-state index contributed by atoms with van der Waals surface area (Å²) in [5.41, 5.74) is 0. The van der Waals surface area contributed by atoms with E-state index in [1.54, 1.807) is 7.11 Å². The molecule has 2 amide bonds. The smallest absolute Gasteiger partial charge is 0.227 e. The predicted molar refractivity (Wildman–Crippen MR) is 69.0 cm³/mol. The molecule has 0 aromatic heterocycles. The van der Waals surface area contributed by atoms with Gasteiger partial charge in [-0.3, -0.25) is 9.59 Å². The van der Waals surface area contributed by atoms with E-state index in [1.165, 1.54) is 0 Å². The van der Waals surface area contributed by atoms with Crippen molar-refractivity contribution in [1.29, 1.82) is 0 Å². The SMILES string of the molecule is COCCN(CC(C)C)C(=O)C1CCC(=O)NC1. The molecule has 0 saturated carbocycles. The molecule has 0 spiro atoms. The van der Waals surface area contributed by atoms with Crippen LogP contribution < -0.4 is 5.32 Å². The van der Waals surface area contributed by atoms with E-state index < -0.39 is 0 Å².